The van der Waals surface area contributed by atoms with Gasteiger partial charge in [0.1, 0.15) is 11.5 Å². The second-order valence-corrected chi connectivity index (χ2v) is 4.47. The first-order chi connectivity index (χ1) is 9.97. The summed E-state index contributed by atoms with van der Waals surface area (Å²) in [5.41, 5.74) is 8.41. The van der Waals surface area contributed by atoms with Gasteiger partial charge in [0.2, 0.25) is 0 Å². The lowest BCUT2D eigenvalue weighted by Crippen LogP contribution is -2.15. The smallest absolute Gasteiger partial charge is 0.294 e. The molecule has 0 radical (unpaired) electrons. The van der Waals surface area contributed by atoms with Crippen LogP contribution in [-0.2, 0) is 0 Å². The van der Waals surface area contributed by atoms with Gasteiger partial charge in [-0.3, -0.25) is 15.5 Å². The van der Waals surface area contributed by atoms with Crippen molar-refractivity contribution in [2.75, 3.05) is 5.43 Å². The number of rotatable bonds is 4. The molecule has 6 nitrogen and oxygen atoms in total. The molecule has 0 saturated heterocycles. The molecule has 0 aliphatic carbocycles. The third-order valence-electron chi connectivity index (χ3n) is 2.57. The van der Waals surface area contributed by atoms with Crippen LogP contribution in [0.25, 0.3) is 0 Å². The van der Waals surface area contributed by atoms with Crippen LogP contribution in [0.1, 0.15) is 5.56 Å². The molecule has 0 saturated carbocycles. The highest BCUT2D eigenvalue weighted by atomic mass is 35.5. The third kappa shape index (κ3) is 3.67. The van der Waals surface area contributed by atoms with Crippen LogP contribution in [0, 0.1) is 15.9 Å². The number of nitrogens with two attached hydrogens (primary N) is 1. The number of hydrogen-bond acceptors (Lipinski definition) is 4. The monoisotopic (exact) mass is 308 g/mol. The number of nitro groups is 1. The fourth-order valence-corrected chi connectivity index (χ4v) is 1.76. The molecule has 0 fully saturated rings. The summed E-state index contributed by atoms with van der Waals surface area (Å²) in [6, 6.07) is 9.51. The lowest BCUT2D eigenvalue weighted by molar-refractivity contribution is -0.384. The molecule has 0 aromatic heterocycles. The van der Waals surface area contributed by atoms with E-state index in [4.69, 9.17) is 17.3 Å². The number of nitrogens with one attached hydrogen (secondary N) is 1. The Labute approximate surface area is 124 Å². The van der Waals surface area contributed by atoms with Crippen LogP contribution in [0.15, 0.2) is 47.6 Å². The molecule has 0 aliphatic heterocycles. The molecule has 0 spiro atoms. The van der Waals surface area contributed by atoms with Gasteiger partial charge < -0.3 is 5.73 Å². The van der Waals surface area contributed by atoms with E-state index in [1.165, 1.54) is 36.4 Å². The normalized spacial score (nSPS) is 11.2. The second kappa shape index (κ2) is 6.19. The van der Waals surface area contributed by atoms with Crippen molar-refractivity contribution in [2.45, 2.75) is 0 Å². The quantitative estimate of drug-likeness (QED) is 0.393. The fraction of sp³-hybridized carbons (Fsp3) is 0. The molecule has 108 valence electrons. The van der Waals surface area contributed by atoms with Gasteiger partial charge >= 0.3 is 0 Å². The summed E-state index contributed by atoms with van der Waals surface area (Å²) in [5, 5.41) is 15.0. The van der Waals surface area contributed by atoms with Crippen LogP contribution in [-0.4, -0.2) is 10.8 Å². The van der Waals surface area contributed by atoms with E-state index in [9.17, 15) is 14.5 Å². The summed E-state index contributed by atoms with van der Waals surface area (Å²) < 4.78 is 13.1. The van der Waals surface area contributed by atoms with E-state index in [1.54, 1.807) is 6.07 Å². The SMILES string of the molecule is N/C(=N/Nc1cc(Cl)ccc1[N+](=O)[O-])c1cccc(F)c1. The largest absolute Gasteiger partial charge is 0.382 e. The molecule has 2 aromatic rings. The molecule has 0 aliphatic rings. The van der Waals surface area contributed by atoms with Crippen LogP contribution < -0.4 is 11.2 Å². The fourth-order valence-electron chi connectivity index (χ4n) is 1.59. The number of nitro benzene ring substituents is 1. The zero-order valence-electron chi connectivity index (χ0n) is 10.6. The topological polar surface area (TPSA) is 93.5 Å². The van der Waals surface area contributed by atoms with E-state index < -0.39 is 10.7 Å². The summed E-state index contributed by atoms with van der Waals surface area (Å²) in [5.74, 6) is -0.469. The van der Waals surface area contributed by atoms with Crippen LogP contribution in [0.2, 0.25) is 5.02 Å². The maximum Gasteiger partial charge on any atom is 0.294 e. The maximum absolute atomic E-state index is 13.1. The van der Waals surface area contributed by atoms with Crippen molar-refractivity contribution in [3.8, 4) is 0 Å². The van der Waals surface area contributed by atoms with Gasteiger partial charge in [0.15, 0.2) is 5.84 Å². The molecule has 0 atom stereocenters. The molecular formula is C13H10ClFN4O2. The number of amidine groups is 1. The highest BCUT2D eigenvalue weighted by Crippen LogP contribution is 2.27. The van der Waals surface area contributed by atoms with Gasteiger partial charge in [0.05, 0.1) is 4.92 Å². The first-order valence-electron chi connectivity index (χ1n) is 5.76. The van der Waals surface area contributed by atoms with Crippen molar-refractivity contribution in [3.05, 3.63) is 69.0 Å². The molecule has 2 aromatic carbocycles. The molecule has 2 rings (SSSR count). The minimum absolute atomic E-state index is 0.0104. The molecule has 3 N–H and O–H groups in total. The molecule has 0 heterocycles. The van der Waals surface area contributed by atoms with Crippen LogP contribution in [0.4, 0.5) is 15.8 Å². The molecule has 0 amide bonds. The summed E-state index contributed by atoms with van der Waals surface area (Å²) in [6.45, 7) is 0. The van der Waals surface area contributed by atoms with Crippen molar-refractivity contribution in [2.24, 2.45) is 10.8 Å². The highest BCUT2D eigenvalue weighted by Gasteiger charge is 2.13. The van der Waals surface area contributed by atoms with E-state index >= 15 is 0 Å². The van der Waals surface area contributed by atoms with Gasteiger partial charge in [-0.2, -0.15) is 5.10 Å². The Morgan fingerprint density at radius 1 is 1.33 bits per heavy atom. The van der Waals surface area contributed by atoms with Gasteiger partial charge in [-0.25, -0.2) is 4.39 Å². The van der Waals surface area contributed by atoms with Gasteiger partial charge in [-0.15, -0.1) is 0 Å². The minimum Gasteiger partial charge on any atom is -0.382 e. The van der Waals surface area contributed by atoms with E-state index in [0.29, 0.717) is 10.6 Å². The van der Waals surface area contributed by atoms with E-state index in [2.05, 4.69) is 10.5 Å². The molecule has 21 heavy (non-hydrogen) atoms. The van der Waals surface area contributed by atoms with Crippen LogP contribution in [0.5, 0.6) is 0 Å². The van der Waals surface area contributed by atoms with E-state index in [-0.39, 0.29) is 17.2 Å². The summed E-state index contributed by atoms with van der Waals surface area (Å²) in [7, 11) is 0. The molecule has 0 bridgehead atoms. The van der Waals surface area contributed by atoms with Gasteiger partial charge in [0.25, 0.3) is 5.69 Å². The lowest BCUT2D eigenvalue weighted by Gasteiger charge is -2.05. The van der Waals surface area contributed by atoms with Crippen molar-refractivity contribution >= 4 is 28.8 Å². The summed E-state index contributed by atoms with van der Waals surface area (Å²) in [6.07, 6.45) is 0. The van der Waals surface area contributed by atoms with Gasteiger partial charge in [0, 0.05) is 16.7 Å². The first kappa shape index (κ1) is 14.7. The predicted octanol–water partition coefficient (Wildman–Crippen LogP) is 3.12. The zero-order chi connectivity index (χ0) is 15.4. The Morgan fingerprint density at radius 3 is 2.76 bits per heavy atom. The Kier molecular flexibility index (Phi) is 4.34. The second-order valence-electron chi connectivity index (χ2n) is 4.04. The molecular weight excluding hydrogens is 299 g/mol. The summed E-state index contributed by atoms with van der Waals surface area (Å²) >= 11 is 5.78. The average molecular weight is 309 g/mol. The number of hydrazone groups is 1. The van der Waals surface area contributed by atoms with E-state index in [0.717, 1.165) is 0 Å². The number of hydrogen-bond donors (Lipinski definition) is 2. The van der Waals surface area contributed by atoms with Crippen LogP contribution >= 0.6 is 11.6 Å². The average Bonchev–Trinajstić information content (AvgIpc) is 2.44. The number of halogens is 2. The van der Waals surface area contributed by atoms with Crippen molar-refractivity contribution < 1.29 is 9.31 Å². The zero-order valence-corrected chi connectivity index (χ0v) is 11.3. The molecule has 0 unspecified atom stereocenters. The minimum atomic E-state index is -0.577. The number of benzene rings is 2. The third-order valence-corrected chi connectivity index (χ3v) is 2.81. The predicted molar refractivity (Wildman–Crippen MR) is 78.9 cm³/mol. The van der Waals surface area contributed by atoms with Crippen molar-refractivity contribution in [1.29, 1.82) is 0 Å². The number of anilines is 1. The molecule has 8 heteroatoms. The lowest BCUT2D eigenvalue weighted by atomic mass is 10.2. The van der Waals surface area contributed by atoms with E-state index in [1.807, 2.05) is 0 Å². The summed E-state index contributed by atoms with van der Waals surface area (Å²) in [4.78, 5) is 10.3. The standard InChI is InChI=1S/C13H10ClFN4O2/c14-9-4-5-12(19(20)21)11(7-9)17-18-13(16)8-2-1-3-10(15)6-8/h1-7,17H,(H2,16,18). The van der Waals surface area contributed by atoms with Crippen molar-refractivity contribution in [3.63, 3.8) is 0 Å². The number of nitrogens with zero attached hydrogens (tertiary/aromatic N) is 2. The highest BCUT2D eigenvalue weighted by molar-refractivity contribution is 6.31. The maximum atomic E-state index is 13.1. The van der Waals surface area contributed by atoms with Crippen LogP contribution in [0.3, 0.4) is 0 Å². The van der Waals surface area contributed by atoms with Crippen molar-refractivity contribution in [1.82, 2.24) is 0 Å². The first-order valence-corrected chi connectivity index (χ1v) is 6.14. The van der Waals surface area contributed by atoms with Gasteiger partial charge in [-0.05, 0) is 24.3 Å². The Hall–Kier alpha value is -2.67. The Morgan fingerprint density at radius 2 is 2.10 bits per heavy atom. The van der Waals surface area contributed by atoms with Gasteiger partial charge in [-0.1, -0.05) is 23.7 Å². The Balaban J connectivity index is 2.28. The Bertz CT molecular complexity index is 721.